The lowest BCUT2D eigenvalue weighted by molar-refractivity contribution is 0.0968. The van der Waals surface area contributed by atoms with E-state index in [1.54, 1.807) is 11.8 Å². The number of Topliss-reactive ketones (excluding diaryl/α,β-unsaturated/α-hetero) is 1. The minimum atomic E-state index is 0.0381. The number of rotatable bonds is 6. The maximum absolute atomic E-state index is 11.7. The second kappa shape index (κ2) is 5.88. The normalized spacial score (nSPS) is 10.6. The number of nitrogens with zero attached hydrogens (tertiary/aromatic N) is 2. The summed E-state index contributed by atoms with van der Waals surface area (Å²) < 4.78 is 6.54. The van der Waals surface area contributed by atoms with E-state index in [9.17, 15) is 4.79 Å². The van der Waals surface area contributed by atoms with E-state index in [1.807, 2.05) is 6.92 Å². The highest BCUT2D eigenvalue weighted by atomic mass is 35.5. The molecule has 0 saturated carbocycles. The van der Waals surface area contributed by atoms with E-state index in [2.05, 4.69) is 5.10 Å². The van der Waals surface area contributed by atoms with Crippen LogP contribution in [0.4, 0.5) is 0 Å². The summed E-state index contributed by atoms with van der Waals surface area (Å²) in [7, 11) is 1.61. The molecule has 1 aromatic heterocycles. The Morgan fingerprint density at radius 3 is 3.00 bits per heavy atom. The second-order valence-electron chi connectivity index (χ2n) is 3.23. The van der Waals surface area contributed by atoms with E-state index >= 15 is 0 Å². The predicted octanol–water partition coefficient (Wildman–Crippen LogP) is 2.17. The van der Waals surface area contributed by atoms with Gasteiger partial charge in [-0.25, -0.2) is 0 Å². The van der Waals surface area contributed by atoms with Gasteiger partial charge in [0.15, 0.2) is 5.78 Å². The molecule has 5 heteroatoms. The number of ether oxygens (including phenoxy) is 1. The van der Waals surface area contributed by atoms with E-state index < -0.39 is 0 Å². The molecule has 1 aromatic rings. The smallest absolute Gasteiger partial charge is 0.182 e. The Bertz CT molecular complexity index is 336. The first-order valence-corrected chi connectivity index (χ1v) is 5.32. The molecule has 0 N–H and O–H groups in total. The molecule has 0 aliphatic heterocycles. The quantitative estimate of drug-likeness (QED) is 0.704. The average molecular weight is 231 g/mol. The highest BCUT2D eigenvalue weighted by Crippen LogP contribution is 2.17. The van der Waals surface area contributed by atoms with Gasteiger partial charge in [-0.15, -0.1) is 0 Å². The standard InChI is InChI=1S/C10H15ClN2O2/c1-3-4-9(14)10-8(11)7-12-13(10)5-6-15-2/h7H,3-6H2,1-2H3. The summed E-state index contributed by atoms with van der Waals surface area (Å²) in [6, 6.07) is 0. The molecule has 0 aliphatic rings. The van der Waals surface area contributed by atoms with Crippen molar-refractivity contribution in [3.05, 3.63) is 16.9 Å². The Kier molecular flexibility index (Phi) is 4.78. The molecule has 0 spiro atoms. The summed E-state index contributed by atoms with van der Waals surface area (Å²) in [5.74, 6) is 0.0381. The van der Waals surface area contributed by atoms with Crippen LogP contribution in [0.25, 0.3) is 0 Å². The summed E-state index contributed by atoms with van der Waals surface area (Å²) >= 11 is 5.91. The van der Waals surface area contributed by atoms with Crippen molar-refractivity contribution >= 4 is 17.4 Å². The molecule has 0 aliphatic carbocycles. The van der Waals surface area contributed by atoms with Crippen molar-refractivity contribution in [1.29, 1.82) is 0 Å². The van der Waals surface area contributed by atoms with Crippen molar-refractivity contribution in [3.63, 3.8) is 0 Å². The van der Waals surface area contributed by atoms with Crippen LogP contribution < -0.4 is 0 Å². The van der Waals surface area contributed by atoms with Crippen LogP contribution >= 0.6 is 11.6 Å². The summed E-state index contributed by atoms with van der Waals surface area (Å²) in [5, 5.41) is 4.46. The zero-order valence-electron chi connectivity index (χ0n) is 8.99. The zero-order chi connectivity index (χ0) is 11.3. The van der Waals surface area contributed by atoms with E-state index in [1.165, 1.54) is 6.20 Å². The van der Waals surface area contributed by atoms with E-state index in [0.717, 1.165) is 6.42 Å². The van der Waals surface area contributed by atoms with Crippen LogP contribution in [0.15, 0.2) is 6.20 Å². The molecule has 1 heterocycles. The van der Waals surface area contributed by atoms with Gasteiger partial charge in [-0.2, -0.15) is 5.10 Å². The fraction of sp³-hybridized carbons (Fsp3) is 0.600. The Morgan fingerprint density at radius 2 is 2.40 bits per heavy atom. The Labute approximate surface area is 94.2 Å². The van der Waals surface area contributed by atoms with Crippen LogP contribution in [0.2, 0.25) is 5.02 Å². The number of carbonyl (C=O) groups is 1. The van der Waals surface area contributed by atoms with Gasteiger partial charge >= 0.3 is 0 Å². The summed E-state index contributed by atoms with van der Waals surface area (Å²) in [6.45, 7) is 3.03. The molecule has 0 fully saturated rings. The van der Waals surface area contributed by atoms with Crippen molar-refractivity contribution in [3.8, 4) is 0 Å². The van der Waals surface area contributed by atoms with Gasteiger partial charge in [-0.1, -0.05) is 18.5 Å². The Balaban J connectivity index is 2.83. The molecular weight excluding hydrogens is 216 g/mol. The number of carbonyl (C=O) groups excluding carboxylic acids is 1. The maximum atomic E-state index is 11.7. The summed E-state index contributed by atoms with van der Waals surface area (Å²) in [5.41, 5.74) is 0.496. The van der Waals surface area contributed by atoms with E-state index in [0.29, 0.717) is 30.3 Å². The molecule has 84 valence electrons. The number of methoxy groups -OCH3 is 1. The van der Waals surface area contributed by atoms with Gasteiger partial charge < -0.3 is 4.74 Å². The molecule has 0 unspecified atom stereocenters. The van der Waals surface area contributed by atoms with E-state index in [-0.39, 0.29) is 5.78 Å². The van der Waals surface area contributed by atoms with Gasteiger partial charge in [0.2, 0.25) is 0 Å². The first-order chi connectivity index (χ1) is 7.20. The number of ketones is 1. The predicted molar refractivity (Wildman–Crippen MR) is 58.4 cm³/mol. The molecule has 0 atom stereocenters. The van der Waals surface area contributed by atoms with Crippen molar-refractivity contribution in [1.82, 2.24) is 9.78 Å². The molecule has 0 bridgehead atoms. The number of aromatic nitrogens is 2. The van der Waals surface area contributed by atoms with Gasteiger partial charge in [-0.05, 0) is 6.42 Å². The van der Waals surface area contributed by atoms with Crippen molar-refractivity contribution in [2.45, 2.75) is 26.3 Å². The van der Waals surface area contributed by atoms with Crippen LogP contribution in [-0.4, -0.2) is 29.3 Å². The molecular formula is C10H15ClN2O2. The van der Waals surface area contributed by atoms with Gasteiger partial charge in [0.25, 0.3) is 0 Å². The van der Waals surface area contributed by atoms with Gasteiger partial charge in [0, 0.05) is 13.5 Å². The van der Waals surface area contributed by atoms with Crippen LogP contribution in [0.3, 0.4) is 0 Å². The van der Waals surface area contributed by atoms with Crippen LogP contribution in [0.5, 0.6) is 0 Å². The summed E-state index contributed by atoms with van der Waals surface area (Å²) in [6.07, 6.45) is 2.81. The lowest BCUT2D eigenvalue weighted by Gasteiger charge is -2.05. The third-order valence-corrected chi connectivity index (χ3v) is 2.32. The summed E-state index contributed by atoms with van der Waals surface area (Å²) in [4.78, 5) is 11.7. The fourth-order valence-corrected chi connectivity index (χ4v) is 1.58. The number of halogens is 1. The molecule has 0 saturated heterocycles. The molecule has 0 amide bonds. The van der Waals surface area contributed by atoms with E-state index in [4.69, 9.17) is 16.3 Å². The third-order valence-electron chi connectivity index (χ3n) is 2.04. The van der Waals surface area contributed by atoms with Crippen LogP contribution in [0.1, 0.15) is 30.3 Å². The highest BCUT2D eigenvalue weighted by Gasteiger charge is 2.16. The maximum Gasteiger partial charge on any atom is 0.182 e. The van der Waals surface area contributed by atoms with Crippen LogP contribution in [-0.2, 0) is 11.3 Å². The zero-order valence-corrected chi connectivity index (χ0v) is 9.75. The average Bonchev–Trinajstić information content (AvgIpc) is 2.57. The number of hydrogen-bond donors (Lipinski definition) is 0. The Morgan fingerprint density at radius 1 is 1.67 bits per heavy atom. The van der Waals surface area contributed by atoms with Crippen molar-refractivity contribution in [2.24, 2.45) is 0 Å². The van der Waals surface area contributed by atoms with Crippen LogP contribution in [0, 0.1) is 0 Å². The number of hydrogen-bond acceptors (Lipinski definition) is 3. The van der Waals surface area contributed by atoms with Gasteiger partial charge in [-0.3, -0.25) is 9.48 Å². The largest absolute Gasteiger partial charge is 0.383 e. The topological polar surface area (TPSA) is 44.1 Å². The molecule has 4 nitrogen and oxygen atoms in total. The monoisotopic (exact) mass is 230 g/mol. The van der Waals surface area contributed by atoms with Gasteiger partial charge in [0.05, 0.1) is 24.4 Å². The molecule has 15 heavy (non-hydrogen) atoms. The minimum Gasteiger partial charge on any atom is -0.383 e. The molecule has 0 radical (unpaired) electrons. The lowest BCUT2D eigenvalue weighted by atomic mass is 10.2. The first kappa shape index (κ1) is 12.2. The minimum absolute atomic E-state index is 0.0381. The lowest BCUT2D eigenvalue weighted by Crippen LogP contribution is -2.13. The first-order valence-electron chi connectivity index (χ1n) is 4.94. The highest BCUT2D eigenvalue weighted by molar-refractivity contribution is 6.33. The molecule has 0 aromatic carbocycles. The molecule has 1 rings (SSSR count). The Hall–Kier alpha value is -0.870. The van der Waals surface area contributed by atoms with Crippen molar-refractivity contribution < 1.29 is 9.53 Å². The third kappa shape index (κ3) is 3.04. The fourth-order valence-electron chi connectivity index (χ4n) is 1.33. The van der Waals surface area contributed by atoms with Crippen molar-refractivity contribution in [2.75, 3.05) is 13.7 Å². The second-order valence-corrected chi connectivity index (χ2v) is 3.64. The van der Waals surface area contributed by atoms with Gasteiger partial charge in [0.1, 0.15) is 5.69 Å². The SMILES string of the molecule is CCCC(=O)c1c(Cl)cnn1CCOC.